The van der Waals surface area contributed by atoms with Gasteiger partial charge in [-0.1, -0.05) is 57.5 Å². The monoisotopic (exact) mass is 819 g/mol. The molecule has 312 valence electrons. The van der Waals surface area contributed by atoms with E-state index in [2.05, 4.69) is 60.2 Å². The van der Waals surface area contributed by atoms with Crippen molar-refractivity contribution in [1.82, 2.24) is 21.0 Å². The molecule has 0 radical (unpaired) electrons. The van der Waals surface area contributed by atoms with Gasteiger partial charge >= 0.3 is 6.55 Å². The lowest BCUT2D eigenvalue weighted by Crippen LogP contribution is -2.36. The van der Waals surface area contributed by atoms with Crippen LogP contribution in [-0.2, 0) is 9.53 Å². The second kappa shape index (κ2) is 26.9. The molecule has 0 aromatic heterocycles. The van der Waals surface area contributed by atoms with Crippen molar-refractivity contribution in [3.63, 3.8) is 0 Å². The molecule has 0 bridgehead atoms. The Hall–Kier alpha value is -4.81. The predicted molar refractivity (Wildman–Crippen MR) is 213 cm³/mol. The van der Waals surface area contributed by atoms with E-state index in [1.54, 1.807) is 0 Å². The maximum Gasteiger partial charge on any atom is 0.333 e. The third-order valence-electron chi connectivity index (χ3n) is 6.78. The number of aliphatic imine (C=N–C) groups is 1. The first-order chi connectivity index (χ1) is 26.4. The molecule has 1 atom stereocenters. The summed E-state index contributed by atoms with van der Waals surface area (Å²) in [5.74, 6) is -0.622. The van der Waals surface area contributed by atoms with Gasteiger partial charge in [0.25, 0.3) is 5.91 Å². The molecule has 4 N–H and O–H groups in total. The molecule has 56 heavy (non-hydrogen) atoms. The summed E-state index contributed by atoms with van der Waals surface area (Å²) in [5.41, 5.74) is 2.66. The molecule has 2 aromatic rings. The van der Waals surface area contributed by atoms with Crippen molar-refractivity contribution in [2.24, 2.45) is 20.6 Å². The van der Waals surface area contributed by atoms with E-state index in [4.69, 9.17) is 21.7 Å². The fourth-order valence-electron chi connectivity index (χ4n) is 4.26. The SMILES string of the molecule is C=N/C=N\N(c1cc(C(COC)N(C=N)C(=O)c2ccc(C(/C=N\NCF)=C/F)cc2)ccc1Cl)C(F)F.CC(C)(C)C.CNC.O=CNC1(CC(F)F)CC1. The Morgan fingerprint density at radius 3 is 2.09 bits per heavy atom. The number of hydrogen-bond acceptors (Lipinski definition) is 9. The molecule has 1 unspecified atom stereocenters. The summed E-state index contributed by atoms with van der Waals surface area (Å²) in [7, 11) is 5.13. The molecule has 0 saturated heterocycles. The maximum atomic E-state index is 13.7. The number of methoxy groups -OCH3 is 1. The van der Waals surface area contributed by atoms with Crippen LogP contribution in [0.4, 0.5) is 32.0 Å². The van der Waals surface area contributed by atoms with Gasteiger partial charge < -0.3 is 15.4 Å². The van der Waals surface area contributed by atoms with Crippen LogP contribution in [0.15, 0.2) is 64.0 Å². The lowest BCUT2D eigenvalue weighted by atomic mass is 10.0. The standard InChI is InChI=1S/C24H24ClF4N7O2.C6H9F2NO.C5H12.C2H7N/c1-31-15-34-36(24(28)29)21-9-18(7-8-20(21)25)22(12-38-2)35(14-30)23(37)17-5-3-16(4-6-17)19(10-26)11-32-33-13-27;7-5(8)3-6(1-2-6)9-4-10;1-5(2,3)4;1-3-2/h3-11,14-15,22,24,30,33H,1,12-13H2,2H3;4-5H,1-3H2,(H,9,10);1-4H3;3H,1-2H3/b19-10+,30-14?,32-11-,34-15-;;;. The number of allylic oxidation sites excluding steroid dienone is 1. The summed E-state index contributed by atoms with van der Waals surface area (Å²) in [6.45, 7) is 7.82. The third-order valence-corrected chi connectivity index (χ3v) is 7.10. The van der Waals surface area contributed by atoms with Crippen LogP contribution < -0.4 is 21.1 Å². The van der Waals surface area contributed by atoms with Gasteiger partial charge in [-0.3, -0.25) is 30.3 Å². The Bertz CT molecular complexity index is 1570. The number of amides is 2. The van der Waals surface area contributed by atoms with Gasteiger partial charge in [0.05, 0.1) is 42.2 Å². The highest BCUT2D eigenvalue weighted by Crippen LogP contribution is 2.40. The predicted octanol–water partition coefficient (Wildman–Crippen LogP) is 8.07. The number of halogens is 7. The van der Waals surface area contributed by atoms with Gasteiger partial charge in [-0.05, 0) is 74.5 Å². The van der Waals surface area contributed by atoms with Crippen LogP contribution in [0.25, 0.3) is 5.57 Å². The molecule has 0 heterocycles. The number of rotatable bonds is 18. The van der Waals surface area contributed by atoms with E-state index in [0.29, 0.717) is 40.8 Å². The minimum Gasteiger partial charge on any atom is -0.382 e. The van der Waals surface area contributed by atoms with Crippen molar-refractivity contribution in [2.45, 2.75) is 71.5 Å². The van der Waals surface area contributed by atoms with E-state index in [-0.39, 0.29) is 41.2 Å². The molecule has 19 heteroatoms. The fraction of sp³-hybridized carbons (Fsp3) is 0.459. The number of anilines is 1. The first-order valence-electron chi connectivity index (χ1n) is 16.9. The Balaban J connectivity index is 0.00000138. The third kappa shape index (κ3) is 19.7. The molecule has 2 aromatic carbocycles. The maximum absolute atomic E-state index is 13.7. The number of nitrogens with zero attached hydrogens (tertiary/aromatic N) is 5. The molecule has 1 aliphatic rings. The highest BCUT2D eigenvalue weighted by molar-refractivity contribution is 6.33. The number of carbonyl (C=O) groups is 2. The first kappa shape index (κ1) is 51.2. The van der Waals surface area contributed by atoms with E-state index >= 15 is 0 Å². The van der Waals surface area contributed by atoms with Crippen LogP contribution in [0.2, 0.25) is 5.02 Å². The normalized spacial score (nSPS) is 13.7. The Kier molecular flexibility index (Phi) is 24.6. The molecule has 1 aliphatic carbocycles. The fourth-order valence-corrected chi connectivity index (χ4v) is 4.46. The summed E-state index contributed by atoms with van der Waals surface area (Å²) in [6.07, 6.45) is 2.31. The van der Waals surface area contributed by atoms with Gasteiger partial charge in [0, 0.05) is 30.2 Å². The smallest absolute Gasteiger partial charge is 0.333 e. The van der Waals surface area contributed by atoms with Crippen LogP contribution in [0.5, 0.6) is 0 Å². The van der Waals surface area contributed by atoms with Gasteiger partial charge in [0.2, 0.25) is 12.8 Å². The zero-order chi connectivity index (χ0) is 42.9. The van der Waals surface area contributed by atoms with Gasteiger partial charge in [-0.2, -0.15) is 19.0 Å². The van der Waals surface area contributed by atoms with E-state index in [0.717, 1.165) is 23.8 Å². The number of ether oxygens (including phenoxy) is 1. The average molecular weight is 820 g/mol. The zero-order valence-corrected chi connectivity index (χ0v) is 33.3. The van der Waals surface area contributed by atoms with Crippen LogP contribution in [0.1, 0.15) is 74.5 Å². The van der Waals surface area contributed by atoms with Crippen LogP contribution in [-0.4, -0.2) is 96.0 Å². The second-order valence-corrected chi connectivity index (χ2v) is 13.8. The van der Waals surface area contributed by atoms with E-state index in [1.165, 1.54) is 49.6 Å². The molecule has 2 amide bonds. The Labute approximate surface area is 329 Å². The molecular weight excluding hydrogens is 768 g/mol. The molecular formula is C37H52ClF6N9O3. The lowest BCUT2D eigenvalue weighted by molar-refractivity contribution is -0.110. The summed E-state index contributed by atoms with van der Waals surface area (Å²) in [6, 6.07) is 8.94. The van der Waals surface area contributed by atoms with Crippen molar-refractivity contribution in [2.75, 3.05) is 39.6 Å². The van der Waals surface area contributed by atoms with Crippen molar-refractivity contribution < 1.29 is 40.7 Å². The zero-order valence-electron chi connectivity index (χ0n) is 32.5. The van der Waals surface area contributed by atoms with E-state index in [1.807, 2.05) is 19.5 Å². The van der Waals surface area contributed by atoms with Crippen LogP contribution in [0, 0.1) is 10.8 Å². The molecule has 0 spiro atoms. The molecule has 1 saturated carbocycles. The number of hydrazone groups is 2. The van der Waals surface area contributed by atoms with Gasteiger partial charge in [-0.25, -0.2) is 22.6 Å². The van der Waals surface area contributed by atoms with Crippen molar-refractivity contribution in [3.8, 4) is 0 Å². The van der Waals surface area contributed by atoms with Gasteiger partial charge in [0.1, 0.15) is 6.34 Å². The number of nitrogens with one attached hydrogen (secondary N) is 4. The average Bonchev–Trinajstić information content (AvgIpc) is 3.89. The minimum atomic E-state index is -3.07. The van der Waals surface area contributed by atoms with Gasteiger partial charge in [-0.15, -0.1) is 0 Å². The Morgan fingerprint density at radius 1 is 1.09 bits per heavy atom. The molecule has 3 rings (SSSR count). The van der Waals surface area contributed by atoms with Crippen molar-refractivity contribution >= 4 is 60.8 Å². The summed E-state index contributed by atoms with van der Waals surface area (Å²) in [5, 5.41) is 20.4. The molecule has 0 aliphatic heterocycles. The highest BCUT2D eigenvalue weighted by atomic mass is 35.5. The first-order valence-corrected chi connectivity index (χ1v) is 17.3. The largest absolute Gasteiger partial charge is 0.382 e. The van der Waals surface area contributed by atoms with Crippen LogP contribution in [0.3, 0.4) is 0 Å². The summed E-state index contributed by atoms with van der Waals surface area (Å²) >= 11 is 6.15. The van der Waals surface area contributed by atoms with E-state index in [9.17, 15) is 35.9 Å². The molecule has 1 fully saturated rings. The Morgan fingerprint density at radius 2 is 1.66 bits per heavy atom. The topological polar surface area (TPSA) is 147 Å². The van der Waals surface area contributed by atoms with Crippen molar-refractivity contribution in [3.05, 3.63) is 70.5 Å². The quantitative estimate of drug-likeness (QED) is 0.0299. The highest BCUT2D eigenvalue weighted by Gasteiger charge is 2.44. The summed E-state index contributed by atoms with van der Waals surface area (Å²) in [4.78, 5) is 27.6. The number of carbonyl (C=O) groups excluding carboxylic acids is 2. The molecule has 12 nitrogen and oxygen atoms in total. The second-order valence-electron chi connectivity index (χ2n) is 13.4. The number of benzene rings is 2. The number of hydrogen-bond donors (Lipinski definition) is 4. The summed E-state index contributed by atoms with van der Waals surface area (Å²) < 4.78 is 81.4. The lowest BCUT2D eigenvalue weighted by Gasteiger charge is -2.29. The van der Waals surface area contributed by atoms with Crippen LogP contribution >= 0.6 is 11.6 Å². The van der Waals surface area contributed by atoms with Crippen molar-refractivity contribution in [1.29, 1.82) is 5.41 Å². The van der Waals surface area contributed by atoms with E-state index < -0.39 is 37.3 Å². The minimum absolute atomic E-state index is 0.0257. The number of alkyl halides is 5. The van der Waals surface area contributed by atoms with Gasteiger partial charge in [0.15, 0.2) is 6.80 Å².